The van der Waals surface area contributed by atoms with Crippen molar-refractivity contribution in [2.24, 2.45) is 11.8 Å². The number of esters is 1. The predicted molar refractivity (Wildman–Crippen MR) is 67.6 cm³/mol. The first-order chi connectivity index (χ1) is 9.54. The molecule has 3 unspecified atom stereocenters. The molecule has 2 aromatic rings. The Labute approximate surface area is 114 Å². The van der Waals surface area contributed by atoms with Gasteiger partial charge in [0.2, 0.25) is 5.95 Å². The third-order valence-electron chi connectivity index (χ3n) is 4.96. The molecule has 2 aromatic heterocycles. The molecule has 0 aromatic carbocycles. The summed E-state index contributed by atoms with van der Waals surface area (Å²) in [7, 11) is 1.42. The number of rotatable bonds is 1. The highest BCUT2D eigenvalue weighted by Crippen LogP contribution is 2.59. The van der Waals surface area contributed by atoms with E-state index in [-0.39, 0.29) is 23.2 Å². The fourth-order valence-electron chi connectivity index (χ4n) is 4.01. The fourth-order valence-corrected chi connectivity index (χ4v) is 4.01. The number of methoxy groups -OCH3 is 1. The quantitative estimate of drug-likeness (QED) is 0.740. The molecule has 6 heteroatoms. The van der Waals surface area contributed by atoms with Crippen LogP contribution in [0, 0.1) is 17.8 Å². The van der Waals surface area contributed by atoms with Gasteiger partial charge in [-0.1, -0.05) is 6.92 Å². The molecular weight excluding hydrogens is 261 g/mol. The molecule has 0 spiro atoms. The van der Waals surface area contributed by atoms with Crippen molar-refractivity contribution in [2.75, 3.05) is 7.11 Å². The van der Waals surface area contributed by atoms with Gasteiger partial charge in [-0.3, -0.25) is 4.79 Å². The van der Waals surface area contributed by atoms with Crippen molar-refractivity contribution in [1.29, 1.82) is 0 Å². The zero-order valence-electron chi connectivity index (χ0n) is 11.3. The maximum atomic E-state index is 13.4. The number of hydrogen-bond acceptors (Lipinski definition) is 4. The van der Waals surface area contributed by atoms with Gasteiger partial charge in [0, 0.05) is 17.7 Å². The maximum Gasteiger partial charge on any atom is 0.309 e. The van der Waals surface area contributed by atoms with Gasteiger partial charge < -0.3 is 4.74 Å². The first-order valence-corrected chi connectivity index (χ1v) is 6.66. The number of ether oxygens (including phenoxy) is 1. The van der Waals surface area contributed by atoms with E-state index in [1.165, 1.54) is 13.2 Å². The van der Waals surface area contributed by atoms with Gasteiger partial charge in [-0.2, -0.15) is 4.39 Å². The zero-order valence-corrected chi connectivity index (χ0v) is 11.3. The monoisotopic (exact) mass is 275 g/mol. The number of aromatic nitrogens is 3. The summed E-state index contributed by atoms with van der Waals surface area (Å²) in [5.41, 5.74) is 2.43. The minimum absolute atomic E-state index is 0.0761. The van der Waals surface area contributed by atoms with E-state index in [1.54, 1.807) is 10.7 Å². The average Bonchev–Trinajstić information content (AvgIpc) is 2.89. The lowest BCUT2D eigenvalue weighted by molar-refractivity contribution is -0.155. The van der Waals surface area contributed by atoms with Gasteiger partial charge in [0.15, 0.2) is 5.65 Å². The van der Waals surface area contributed by atoms with Crippen molar-refractivity contribution in [3.05, 3.63) is 29.5 Å². The lowest BCUT2D eigenvalue weighted by Gasteiger charge is -2.47. The summed E-state index contributed by atoms with van der Waals surface area (Å²) in [5, 5.41) is 3.91. The summed E-state index contributed by atoms with van der Waals surface area (Å²) in [4.78, 5) is 16.0. The van der Waals surface area contributed by atoms with Gasteiger partial charge in [0.05, 0.1) is 18.7 Å². The summed E-state index contributed by atoms with van der Waals surface area (Å²) < 4.78 is 19.8. The number of nitrogens with zero attached hydrogens (tertiary/aromatic N) is 3. The summed E-state index contributed by atoms with van der Waals surface area (Å²) in [6.45, 7) is 2.11. The van der Waals surface area contributed by atoms with E-state index in [4.69, 9.17) is 4.74 Å². The summed E-state index contributed by atoms with van der Waals surface area (Å²) in [5.74, 6) is -0.560. The first kappa shape index (κ1) is 11.8. The van der Waals surface area contributed by atoms with Crippen LogP contribution < -0.4 is 0 Å². The molecule has 1 saturated carbocycles. The number of hydrogen-bond donors (Lipinski definition) is 0. The van der Waals surface area contributed by atoms with Crippen LogP contribution >= 0.6 is 0 Å². The second-order valence-corrected chi connectivity index (χ2v) is 5.93. The number of fused-ring (bicyclic) bond motifs is 5. The van der Waals surface area contributed by atoms with Crippen LogP contribution in [0.4, 0.5) is 4.39 Å². The molecule has 2 heterocycles. The van der Waals surface area contributed by atoms with Crippen molar-refractivity contribution < 1.29 is 13.9 Å². The Morgan fingerprint density at radius 1 is 1.60 bits per heavy atom. The molecule has 104 valence electrons. The molecule has 5 nitrogen and oxygen atoms in total. The number of carbonyl (C=O) groups excluding carboxylic acids is 1. The highest BCUT2D eigenvalue weighted by molar-refractivity contribution is 5.75. The Balaban J connectivity index is 1.85. The Bertz CT molecular complexity index is 741. The van der Waals surface area contributed by atoms with E-state index >= 15 is 0 Å². The third-order valence-corrected chi connectivity index (χ3v) is 4.96. The molecule has 0 aliphatic heterocycles. The highest BCUT2D eigenvalue weighted by atomic mass is 19.1. The second-order valence-electron chi connectivity index (χ2n) is 5.93. The van der Waals surface area contributed by atoms with Crippen LogP contribution in [0.15, 0.2) is 12.3 Å². The molecular formula is C14H14FN3O2. The Hall–Kier alpha value is -1.98. The molecule has 0 N–H and O–H groups in total. The van der Waals surface area contributed by atoms with Gasteiger partial charge in [0.1, 0.15) is 0 Å². The van der Waals surface area contributed by atoms with E-state index in [0.717, 1.165) is 24.1 Å². The second kappa shape index (κ2) is 3.56. The van der Waals surface area contributed by atoms with Crippen molar-refractivity contribution in [1.82, 2.24) is 14.6 Å². The van der Waals surface area contributed by atoms with Crippen LogP contribution in [0.3, 0.4) is 0 Å². The molecule has 2 aliphatic rings. The number of carbonyl (C=O) groups is 1. The Kier molecular flexibility index (Phi) is 2.10. The minimum atomic E-state index is -0.526. The Morgan fingerprint density at radius 2 is 2.40 bits per heavy atom. The van der Waals surface area contributed by atoms with E-state index in [0.29, 0.717) is 5.65 Å². The van der Waals surface area contributed by atoms with Crippen molar-refractivity contribution in [2.45, 2.75) is 25.2 Å². The molecule has 2 aliphatic carbocycles. The van der Waals surface area contributed by atoms with Gasteiger partial charge in [0.25, 0.3) is 0 Å². The van der Waals surface area contributed by atoms with Crippen LogP contribution in [0.2, 0.25) is 0 Å². The number of halogens is 1. The highest BCUT2D eigenvalue weighted by Gasteiger charge is 2.60. The van der Waals surface area contributed by atoms with Gasteiger partial charge in [-0.15, -0.1) is 5.10 Å². The maximum absolute atomic E-state index is 13.4. The van der Waals surface area contributed by atoms with E-state index in [9.17, 15) is 9.18 Å². The summed E-state index contributed by atoms with van der Waals surface area (Å²) in [6, 6.07) is 1.33. The zero-order chi connectivity index (χ0) is 14.1. The first-order valence-electron chi connectivity index (χ1n) is 6.66. The van der Waals surface area contributed by atoms with Crippen LogP contribution in [0.5, 0.6) is 0 Å². The molecule has 3 atom stereocenters. The standard InChI is InChI=1S/C14H14FN3O2/c1-14-5-8(13(19)20-2)9(14)3-7-6-16-11-4-10(15)17-18(11)12(7)14/h4,6,8-9H,3,5H2,1-2H3. The fraction of sp³-hybridized carbons (Fsp3) is 0.500. The van der Waals surface area contributed by atoms with Gasteiger partial charge in [-0.25, -0.2) is 9.50 Å². The average molecular weight is 275 g/mol. The largest absolute Gasteiger partial charge is 0.469 e. The normalized spacial score (nSPS) is 30.8. The SMILES string of the molecule is COC(=O)C1CC2(C)c3c(cnc4cc(F)nn34)CC12. The van der Waals surface area contributed by atoms with Crippen LogP contribution in [0.25, 0.3) is 5.65 Å². The summed E-state index contributed by atoms with van der Waals surface area (Å²) in [6.07, 6.45) is 3.28. The smallest absolute Gasteiger partial charge is 0.309 e. The lowest BCUT2D eigenvalue weighted by atomic mass is 9.55. The topological polar surface area (TPSA) is 56.5 Å². The van der Waals surface area contributed by atoms with Crippen LogP contribution in [0.1, 0.15) is 24.6 Å². The predicted octanol–water partition coefficient (Wildman–Crippen LogP) is 1.49. The van der Waals surface area contributed by atoms with Crippen molar-refractivity contribution in [3.8, 4) is 0 Å². The van der Waals surface area contributed by atoms with E-state index in [1.807, 2.05) is 0 Å². The minimum Gasteiger partial charge on any atom is -0.469 e. The van der Waals surface area contributed by atoms with Crippen molar-refractivity contribution in [3.63, 3.8) is 0 Å². The van der Waals surface area contributed by atoms with Crippen LogP contribution in [-0.4, -0.2) is 27.7 Å². The molecule has 0 amide bonds. The van der Waals surface area contributed by atoms with Crippen molar-refractivity contribution >= 4 is 11.6 Å². The molecule has 1 fully saturated rings. The lowest BCUT2D eigenvalue weighted by Crippen LogP contribution is -2.51. The van der Waals surface area contributed by atoms with Gasteiger partial charge >= 0.3 is 5.97 Å². The van der Waals surface area contributed by atoms with Gasteiger partial charge in [-0.05, 0) is 24.3 Å². The summed E-state index contributed by atoms with van der Waals surface area (Å²) >= 11 is 0. The molecule has 0 radical (unpaired) electrons. The third kappa shape index (κ3) is 1.24. The van der Waals surface area contributed by atoms with E-state index < -0.39 is 5.95 Å². The molecule has 20 heavy (non-hydrogen) atoms. The Morgan fingerprint density at radius 3 is 3.15 bits per heavy atom. The molecule has 0 saturated heterocycles. The molecule has 4 rings (SSSR count). The van der Waals surface area contributed by atoms with Crippen LogP contribution in [-0.2, 0) is 21.4 Å². The van der Waals surface area contributed by atoms with E-state index in [2.05, 4.69) is 17.0 Å². The molecule has 0 bridgehead atoms.